The van der Waals surface area contributed by atoms with E-state index in [0.29, 0.717) is 32.6 Å². The first-order valence-corrected chi connectivity index (χ1v) is 17.6. The second-order valence-corrected chi connectivity index (χ2v) is 12.6. The van der Waals surface area contributed by atoms with Crippen LogP contribution >= 0.6 is 0 Å². The maximum atomic E-state index is 14.6. The number of likely N-dealkylation sites (N-methyl/N-ethyl adjacent to an activating group) is 1. The van der Waals surface area contributed by atoms with Crippen LogP contribution in [0.25, 0.3) is 0 Å². The largest absolute Gasteiger partial charge is 0.461 e. The molecule has 4 aromatic rings. The lowest BCUT2D eigenvalue weighted by Gasteiger charge is -2.45. The minimum Gasteiger partial charge on any atom is -0.461 e. The van der Waals surface area contributed by atoms with E-state index in [-0.39, 0.29) is 25.4 Å². The van der Waals surface area contributed by atoms with Crippen LogP contribution in [0.1, 0.15) is 29.5 Å². The Balaban J connectivity index is 1.42. The summed E-state index contributed by atoms with van der Waals surface area (Å²) in [6, 6.07) is 36.2. The number of nitrogens with zero attached hydrogens (tertiary/aromatic N) is 4. The fraction of sp³-hybridized carbons (Fsp3) is 0.317. The molecule has 272 valence electrons. The van der Waals surface area contributed by atoms with E-state index >= 15 is 0 Å². The quantitative estimate of drug-likeness (QED) is 0.135. The van der Waals surface area contributed by atoms with Gasteiger partial charge >= 0.3 is 5.97 Å². The van der Waals surface area contributed by atoms with Crippen molar-refractivity contribution in [2.75, 3.05) is 45.2 Å². The number of carbonyl (C=O) groups is 4. The molecule has 0 aromatic heterocycles. The van der Waals surface area contributed by atoms with Crippen molar-refractivity contribution in [1.29, 1.82) is 0 Å². The van der Waals surface area contributed by atoms with Gasteiger partial charge in [-0.2, -0.15) is 0 Å². The van der Waals surface area contributed by atoms with E-state index in [4.69, 9.17) is 9.57 Å². The normalized spacial score (nSPS) is 14.2. The van der Waals surface area contributed by atoms with Crippen molar-refractivity contribution in [2.24, 2.45) is 0 Å². The predicted molar refractivity (Wildman–Crippen MR) is 198 cm³/mol. The molecule has 2 atom stereocenters. The zero-order valence-electron chi connectivity index (χ0n) is 29.8. The highest BCUT2D eigenvalue weighted by Gasteiger charge is 2.38. The number of nitrogens with one attached hydrogen (secondary N) is 1. The van der Waals surface area contributed by atoms with Gasteiger partial charge in [0.1, 0.15) is 18.7 Å². The molecule has 1 aliphatic heterocycles. The van der Waals surface area contributed by atoms with Crippen LogP contribution in [0, 0.1) is 0 Å². The number of ether oxygens (including phenoxy) is 1. The Bertz CT molecular complexity index is 1720. The number of rotatable bonds is 16. The average molecular weight is 706 g/mol. The van der Waals surface area contributed by atoms with Crippen molar-refractivity contribution in [3.63, 3.8) is 0 Å². The molecule has 0 saturated carbocycles. The van der Waals surface area contributed by atoms with Gasteiger partial charge in [-0.1, -0.05) is 109 Å². The van der Waals surface area contributed by atoms with Gasteiger partial charge in [-0.05, 0) is 35.2 Å². The Morgan fingerprint density at radius 2 is 1.27 bits per heavy atom. The zero-order chi connectivity index (χ0) is 36.7. The predicted octanol–water partition coefficient (Wildman–Crippen LogP) is 4.43. The number of hydrogen-bond donors (Lipinski definition) is 1. The summed E-state index contributed by atoms with van der Waals surface area (Å²) in [6.07, 6.45) is 0.415. The van der Waals surface area contributed by atoms with Crippen molar-refractivity contribution in [3.05, 3.63) is 138 Å². The molecule has 1 saturated heterocycles. The number of carbonyl (C=O) groups excluding carboxylic acids is 4. The molecule has 4 aromatic carbocycles. The number of hydrazine groups is 1. The van der Waals surface area contributed by atoms with Crippen LogP contribution in [0.3, 0.4) is 0 Å². The number of benzene rings is 4. The second-order valence-electron chi connectivity index (χ2n) is 12.6. The van der Waals surface area contributed by atoms with Gasteiger partial charge in [0.2, 0.25) is 11.8 Å². The standard InChI is InChI=1S/C41H47N5O6/c1-43(51-2)41(50)36(30-39(48)52-31-34-19-11-5-12-20-34)42-40(49)37(29-33-17-9-4-10-18-33)46(38(47)24-23-32-15-7-3-8-16-32)45-27-25-44(26-28-45)35-21-13-6-14-22-35/h3-22,36-37H,23-31H2,1-2H3,(H,42,49)/t36-,37?/m0/s1. The minimum absolute atomic E-state index is 0.0178. The summed E-state index contributed by atoms with van der Waals surface area (Å²) in [5.74, 6) is -2.09. The van der Waals surface area contributed by atoms with E-state index in [9.17, 15) is 19.2 Å². The van der Waals surface area contributed by atoms with Gasteiger partial charge in [-0.3, -0.25) is 29.0 Å². The number of esters is 1. The first-order valence-electron chi connectivity index (χ1n) is 17.6. The number of hydroxylamine groups is 2. The third-order valence-electron chi connectivity index (χ3n) is 9.09. The molecule has 0 radical (unpaired) electrons. The maximum absolute atomic E-state index is 14.6. The lowest BCUT2D eigenvalue weighted by molar-refractivity contribution is -0.174. The van der Waals surface area contributed by atoms with Gasteiger partial charge in [-0.25, -0.2) is 10.1 Å². The molecule has 0 bridgehead atoms. The van der Waals surface area contributed by atoms with Crippen LogP contribution in [0.15, 0.2) is 121 Å². The highest BCUT2D eigenvalue weighted by atomic mass is 16.7. The molecule has 0 spiro atoms. The maximum Gasteiger partial charge on any atom is 0.308 e. The molecule has 1 unspecified atom stereocenters. The molecular formula is C41H47N5O6. The van der Waals surface area contributed by atoms with Crippen molar-refractivity contribution < 1.29 is 28.8 Å². The van der Waals surface area contributed by atoms with Gasteiger partial charge in [0.05, 0.1) is 13.5 Å². The van der Waals surface area contributed by atoms with E-state index in [0.717, 1.165) is 27.4 Å². The molecular weight excluding hydrogens is 658 g/mol. The van der Waals surface area contributed by atoms with Crippen LogP contribution in [0.5, 0.6) is 0 Å². The average Bonchev–Trinajstić information content (AvgIpc) is 3.20. The van der Waals surface area contributed by atoms with Gasteiger partial charge < -0.3 is 15.0 Å². The molecule has 1 fully saturated rings. The summed E-state index contributed by atoms with van der Waals surface area (Å²) in [4.78, 5) is 63.0. The molecule has 1 heterocycles. The molecule has 5 rings (SSSR count). The van der Waals surface area contributed by atoms with E-state index in [1.54, 1.807) is 5.01 Å². The van der Waals surface area contributed by atoms with Crippen LogP contribution in [-0.4, -0.2) is 91.2 Å². The number of piperazine rings is 1. The Hall–Kier alpha value is -5.52. The highest BCUT2D eigenvalue weighted by Crippen LogP contribution is 2.21. The van der Waals surface area contributed by atoms with E-state index in [1.165, 1.54) is 14.2 Å². The van der Waals surface area contributed by atoms with Crippen molar-refractivity contribution in [1.82, 2.24) is 20.4 Å². The first-order chi connectivity index (χ1) is 25.3. The summed E-state index contributed by atoms with van der Waals surface area (Å²) in [5.41, 5.74) is 3.73. The first kappa shape index (κ1) is 37.7. The Morgan fingerprint density at radius 1 is 0.731 bits per heavy atom. The minimum atomic E-state index is -1.31. The number of anilines is 1. The van der Waals surface area contributed by atoms with Gasteiger partial charge in [-0.15, -0.1) is 0 Å². The number of hydrogen-bond acceptors (Lipinski definition) is 8. The smallest absolute Gasteiger partial charge is 0.308 e. The van der Waals surface area contributed by atoms with Crippen LogP contribution in [0.2, 0.25) is 0 Å². The summed E-state index contributed by atoms with van der Waals surface area (Å²) in [5, 5.41) is 7.32. The number of amides is 3. The fourth-order valence-electron chi connectivity index (χ4n) is 6.22. The molecule has 52 heavy (non-hydrogen) atoms. The zero-order valence-corrected chi connectivity index (χ0v) is 29.8. The molecule has 1 aliphatic rings. The van der Waals surface area contributed by atoms with Crippen LogP contribution < -0.4 is 10.2 Å². The number of para-hydroxylation sites is 1. The summed E-state index contributed by atoms with van der Waals surface area (Å²) in [6.45, 7) is 2.28. The summed E-state index contributed by atoms with van der Waals surface area (Å²) >= 11 is 0. The second kappa shape index (κ2) is 19.2. The summed E-state index contributed by atoms with van der Waals surface area (Å²) < 4.78 is 5.48. The summed E-state index contributed by atoms with van der Waals surface area (Å²) in [7, 11) is 2.73. The van der Waals surface area contributed by atoms with E-state index in [2.05, 4.69) is 22.3 Å². The lowest BCUT2D eigenvalue weighted by Crippen LogP contribution is -2.63. The van der Waals surface area contributed by atoms with Crippen molar-refractivity contribution >= 4 is 29.4 Å². The lowest BCUT2D eigenvalue weighted by atomic mass is 10.0. The van der Waals surface area contributed by atoms with Gasteiger partial charge in [0.25, 0.3) is 5.91 Å². The Morgan fingerprint density at radius 3 is 1.85 bits per heavy atom. The molecule has 1 N–H and O–H groups in total. The molecule has 11 nitrogen and oxygen atoms in total. The monoisotopic (exact) mass is 705 g/mol. The van der Waals surface area contributed by atoms with Crippen LogP contribution in [-0.2, 0) is 48.2 Å². The Labute approximate surface area is 305 Å². The third kappa shape index (κ3) is 10.7. The molecule has 11 heteroatoms. The highest BCUT2D eigenvalue weighted by molar-refractivity contribution is 5.93. The SMILES string of the molecule is CON(C)C(=O)[C@H](CC(=O)OCc1ccccc1)NC(=O)C(Cc1ccccc1)N(C(=O)CCc1ccccc1)N1CCN(c2ccccc2)CC1. The van der Waals surface area contributed by atoms with Gasteiger partial charge in [0.15, 0.2) is 0 Å². The van der Waals surface area contributed by atoms with E-state index < -0.39 is 36.3 Å². The van der Waals surface area contributed by atoms with Crippen molar-refractivity contribution in [2.45, 2.75) is 44.4 Å². The topological polar surface area (TPSA) is 112 Å². The van der Waals surface area contributed by atoms with Crippen LogP contribution in [0.4, 0.5) is 5.69 Å². The molecule has 0 aliphatic carbocycles. The van der Waals surface area contributed by atoms with Crippen molar-refractivity contribution in [3.8, 4) is 0 Å². The third-order valence-corrected chi connectivity index (χ3v) is 9.09. The Kier molecular flexibility index (Phi) is 13.9. The van der Waals surface area contributed by atoms with Gasteiger partial charge in [0, 0.05) is 51.8 Å². The number of aryl methyl sites for hydroxylation is 1. The van der Waals surface area contributed by atoms with E-state index in [1.807, 2.05) is 114 Å². The molecule has 3 amide bonds. The fourth-order valence-corrected chi connectivity index (χ4v) is 6.22.